The van der Waals surface area contributed by atoms with Gasteiger partial charge >= 0.3 is 6.18 Å². The highest BCUT2D eigenvalue weighted by molar-refractivity contribution is 6.34. The molecule has 0 aliphatic carbocycles. The Bertz CT molecular complexity index is 1110. The molecule has 0 saturated heterocycles. The number of aryl methyl sites for hydroxylation is 1. The summed E-state index contributed by atoms with van der Waals surface area (Å²) in [7, 11) is 0. The molecule has 1 aliphatic heterocycles. The molecule has 5 nitrogen and oxygen atoms in total. The van der Waals surface area contributed by atoms with Gasteiger partial charge in [0, 0.05) is 47.0 Å². The second-order valence-corrected chi connectivity index (χ2v) is 8.96. The molecule has 1 unspecified atom stereocenters. The predicted molar refractivity (Wildman–Crippen MR) is 124 cm³/mol. The van der Waals surface area contributed by atoms with Crippen LogP contribution < -0.4 is 5.32 Å². The van der Waals surface area contributed by atoms with Gasteiger partial charge in [0.05, 0.1) is 5.71 Å². The fourth-order valence-electron chi connectivity index (χ4n) is 3.72. The van der Waals surface area contributed by atoms with E-state index in [-0.39, 0.29) is 45.9 Å². The Morgan fingerprint density at radius 3 is 2.38 bits per heavy atom. The van der Waals surface area contributed by atoms with Crippen molar-refractivity contribution in [1.29, 1.82) is 0 Å². The third-order valence-electron chi connectivity index (χ3n) is 5.53. The van der Waals surface area contributed by atoms with Gasteiger partial charge in [-0.1, -0.05) is 47.4 Å². The Kier molecular flexibility index (Phi) is 7.93. The van der Waals surface area contributed by atoms with Crippen LogP contribution in [0.4, 0.5) is 13.2 Å². The van der Waals surface area contributed by atoms with Crippen LogP contribution >= 0.6 is 23.2 Å². The molecule has 1 atom stereocenters. The third-order valence-corrected chi connectivity index (χ3v) is 5.96. The number of alkyl halides is 3. The van der Waals surface area contributed by atoms with E-state index in [0.29, 0.717) is 23.2 Å². The monoisotopic (exact) mass is 514 g/mol. The standard InChI is InChI=1S/C24H23Cl2F3N2O3/c1-3-8-30-22(33)7-6-21(32)19-5-4-15(9-14(19)2)20-13-23(34-31-20,24(27,28)29)16-10-17(25)12-18(26)11-16/h4-5,9-12H,3,6-8,13H2,1-2H3,(H,30,33). The van der Waals surface area contributed by atoms with Crippen molar-refractivity contribution < 1.29 is 27.6 Å². The molecule has 2 aromatic rings. The summed E-state index contributed by atoms with van der Waals surface area (Å²) >= 11 is 11.9. The van der Waals surface area contributed by atoms with Crippen LogP contribution in [0.3, 0.4) is 0 Å². The normalized spacial score (nSPS) is 17.8. The number of hydrogen-bond acceptors (Lipinski definition) is 4. The van der Waals surface area contributed by atoms with Gasteiger partial charge in [-0.05, 0) is 48.7 Å². The van der Waals surface area contributed by atoms with Crippen LogP contribution in [0.25, 0.3) is 0 Å². The Morgan fingerprint density at radius 1 is 1.12 bits per heavy atom. The molecule has 0 fully saturated rings. The zero-order chi connectivity index (χ0) is 25.1. The van der Waals surface area contributed by atoms with E-state index in [1.54, 1.807) is 13.0 Å². The van der Waals surface area contributed by atoms with Crippen molar-refractivity contribution in [3.8, 4) is 0 Å². The summed E-state index contributed by atoms with van der Waals surface area (Å²) in [6.45, 7) is 4.16. The van der Waals surface area contributed by atoms with E-state index in [2.05, 4.69) is 10.5 Å². The number of ketones is 1. The summed E-state index contributed by atoms with van der Waals surface area (Å²) in [5.41, 5.74) is -1.54. The van der Waals surface area contributed by atoms with Crippen LogP contribution in [0, 0.1) is 6.92 Å². The first-order valence-corrected chi connectivity index (χ1v) is 11.4. The molecular formula is C24H23Cl2F3N2O3. The van der Waals surface area contributed by atoms with Gasteiger partial charge < -0.3 is 10.2 Å². The van der Waals surface area contributed by atoms with Gasteiger partial charge in [0.15, 0.2) is 5.78 Å². The van der Waals surface area contributed by atoms with Gasteiger partial charge in [-0.15, -0.1) is 0 Å². The fraction of sp³-hybridized carbons (Fsp3) is 0.375. The maximum Gasteiger partial charge on any atom is 0.435 e. The number of nitrogens with zero attached hydrogens (tertiary/aromatic N) is 1. The lowest BCUT2D eigenvalue weighted by atomic mass is 9.86. The van der Waals surface area contributed by atoms with Crippen LogP contribution in [0.15, 0.2) is 41.6 Å². The minimum atomic E-state index is -4.80. The number of hydrogen-bond donors (Lipinski definition) is 1. The molecule has 0 saturated carbocycles. The van der Waals surface area contributed by atoms with Crippen molar-refractivity contribution in [2.75, 3.05) is 6.54 Å². The van der Waals surface area contributed by atoms with Gasteiger partial charge in [0.2, 0.25) is 5.91 Å². The maximum atomic E-state index is 14.2. The zero-order valence-electron chi connectivity index (χ0n) is 18.6. The Morgan fingerprint density at radius 2 is 1.79 bits per heavy atom. The minimum absolute atomic E-state index is 0.0342. The van der Waals surface area contributed by atoms with E-state index in [0.717, 1.165) is 18.6 Å². The van der Waals surface area contributed by atoms with Gasteiger partial charge in [-0.25, -0.2) is 0 Å². The molecule has 0 aromatic heterocycles. The Hall–Kier alpha value is -2.58. The van der Waals surface area contributed by atoms with Crippen molar-refractivity contribution in [2.45, 2.75) is 51.3 Å². The van der Waals surface area contributed by atoms with E-state index >= 15 is 0 Å². The molecule has 34 heavy (non-hydrogen) atoms. The van der Waals surface area contributed by atoms with Gasteiger partial charge in [-0.3, -0.25) is 9.59 Å². The first-order valence-electron chi connectivity index (χ1n) is 10.7. The fourth-order valence-corrected chi connectivity index (χ4v) is 4.24. The molecule has 182 valence electrons. The molecule has 1 aliphatic rings. The smallest absolute Gasteiger partial charge is 0.374 e. The first-order chi connectivity index (χ1) is 16.0. The maximum absolute atomic E-state index is 14.2. The lowest BCUT2D eigenvalue weighted by Crippen LogP contribution is -2.42. The van der Waals surface area contributed by atoms with Crippen molar-refractivity contribution in [3.63, 3.8) is 0 Å². The molecule has 3 rings (SSSR count). The number of carbonyl (C=O) groups is 2. The highest BCUT2D eigenvalue weighted by Gasteiger charge is 2.62. The SMILES string of the molecule is CCCNC(=O)CCC(=O)c1ccc(C2=NOC(c3cc(Cl)cc(Cl)c3)(C(F)(F)F)C2)cc1C. The van der Waals surface area contributed by atoms with E-state index < -0.39 is 18.2 Å². The predicted octanol–water partition coefficient (Wildman–Crippen LogP) is 6.37. The highest BCUT2D eigenvalue weighted by Crippen LogP contribution is 2.49. The Labute approximate surface area is 205 Å². The average Bonchev–Trinajstić information content (AvgIpc) is 3.22. The van der Waals surface area contributed by atoms with Crippen molar-refractivity contribution >= 4 is 40.6 Å². The second kappa shape index (κ2) is 10.4. The van der Waals surface area contributed by atoms with Gasteiger partial charge in [0.25, 0.3) is 5.60 Å². The van der Waals surface area contributed by atoms with E-state index in [1.807, 2.05) is 6.92 Å². The van der Waals surface area contributed by atoms with Crippen molar-refractivity contribution in [1.82, 2.24) is 5.32 Å². The van der Waals surface area contributed by atoms with Crippen LogP contribution in [0.1, 0.15) is 59.7 Å². The molecular weight excluding hydrogens is 492 g/mol. The van der Waals surface area contributed by atoms with E-state index in [4.69, 9.17) is 28.0 Å². The summed E-state index contributed by atoms with van der Waals surface area (Å²) in [5, 5.41) is 6.54. The molecule has 0 bridgehead atoms. The number of halogens is 5. The summed E-state index contributed by atoms with van der Waals surface area (Å²) in [5.74, 6) is -0.426. The highest BCUT2D eigenvalue weighted by atomic mass is 35.5. The molecule has 0 radical (unpaired) electrons. The average molecular weight is 515 g/mol. The quantitative estimate of drug-likeness (QED) is 0.416. The summed E-state index contributed by atoms with van der Waals surface area (Å²) in [4.78, 5) is 29.3. The molecule has 0 spiro atoms. The number of oxime groups is 1. The third kappa shape index (κ3) is 5.55. The van der Waals surface area contributed by atoms with Crippen LogP contribution in [-0.4, -0.2) is 30.1 Å². The van der Waals surface area contributed by atoms with Crippen molar-refractivity contribution in [2.24, 2.45) is 5.16 Å². The summed E-state index contributed by atoms with van der Waals surface area (Å²) < 4.78 is 42.5. The molecule has 1 N–H and O–H groups in total. The number of nitrogens with one attached hydrogen (secondary N) is 1. The van der Waals surface area contributed by atoms with Crippen LogP contribution in [0.2, 0.25) is 10.0 Å². The lowest BCUT2D eigenvalue weighted by Gasteiger charge is -2.29. The summed E-state index contributed by atoms with van der Waals surface area (Å²) in [6, 6.07) is 8.29. The second-order valence-electron chi connectivity index (χ2n) is 8.09. The number of Topliss-reactive ketones (excluding diaryl/α,β-unsaturated/α-hetero) is 1. The first kappa shape index (κ1) is 26.0. The lowest BCUT2D eigenvalue weighted by molar-refractivity contribution is -0.275. The molecule has 2 aromatic carbocycles. The number of carbonyl (C=O) groups excluding carboxylic acids is 2. The van der Waals surface area contributed by atoms with Crippen LogP contribution in [0.5, 0.6) is 0 Å². The van der Waals surface area contributed by atoms with Crippen molar-refractivity contribution in [3.05, 3.63) is 68.7 Å². The molecule has 1 heterocycles. The van der Waals surface area contributed by atoms with Gasteiger partial charge in [0.1, 0.15) is 0 Å². The molecule has 1 amide bonds. The largest absolute Gasteiger partial charge is 0.435 e. The van der Waals surface area contributed by atoms with E-state index in [1.165, 1.54) is 18.2 Å². The number of amides is 1. The molecule has 10 heteroatoms. The number of rotatable bonds is 8. The Balaban J connectivity index is 1.80. The van der Waals surface area contributed by atoms with Crippen LogP contribution in [-0.2, 0) is 15.2 Å². The van der Waals surface area contributed by atoms with Gasteiger partial charge in [-0.2, -0.15) is 13.2 Å². The zero-order valence-corrected chi connectivity index (χ0v) is 20.1. The number of benzene rings is 2. The van der Waals surface area contributed by atoms with E-state index in [9.17, 15) is 22.8 Å². The summed E-state index contributed by atoms with van der Waals surface area (Å²) in [6.07, 6.45) is -4.48. The minimum Gasteiger partial charge on any atom is -0.374 e. The topological polar surface area (TPSA) is 67.8 Å².